The molecule has 0 radical (unpaired) electrons. The zero-order chi connectivity index (χ0) is 12.1. The highest BCUT2D eigenvalue weighted by molar-refractivity contribution is 5.27. The van der Waals surface area contributed by atoms with E-state index in [2.05, 4.69) is 36.5 Å². The Kier molecular flexibility index (Phi) is 4.43. The number of hydrogen-bond donors (Lipinski definition) is 1. The number of hydrogen-bond acceptors (Lipinski definition) is 2. The SMILES string of the molecule is COc1ccc(CCC2CCNC(C)C2)cc1. The van der Waals surface area contributed by atoms with E-state index < -0.39 is 0 Å². The number of benzene rings is 1. The fourth-order valence-corrected chi connectivity index (χ4v) is 2.66. The summed E-state index contributed by atoms with van der Waals surface area (Å²) in [6.07, 6.45) is 5.18. The van der Waals surface area contributed by atoms with Crippen LogP contribution in [0.3, 0.4) is 0 Å². The third kappa shape index (κ3) is 3.74. The molecule has 2 unspecified atom stereocenters. The molecule has 2 rings (SSSR count). The van der Waals surface area contributed by atoms with Crippen LogP contribution in [0.25, 0.3) is 0 Å². The Morgan fingerprint density at radius 1 is 1.29 bits per heavy atom. The predicted molar refractivity (Wildman–Crippen MR) is 71.5 cm³/mol. The highest BCUT2D eigenvalue weighted by atomic mass is 16.5. The van der Waals surface area contributed by atoms with E-state index in [0.29, 0.717) is 6.04 Å². The third-order valence-corrected chi connectivity index (χ3v) is 3.73. The minimum Gasteiger partial charge on any atom is -0.497 e. The summed E-state index contributed by atoms with van der Waals surface area (Å²) >= 11 is 0. The van der Waals surface area contributed by atoms with Crippen molar-refractivity contribution in [3.8, 4) is 5.75 Å². The van der Waals surface area contributed by atoms with Crippen molar-refractivity contribution in [2.45, 2.75) is 38.6 Å². The molecule has 0 amide bonds. The van der Waals surface area contributed by atoms with Gasteiger partial charge in [0.25, 0.3) is 0 Å². The molecule has 0 aromatic heterocycles. The monoisotopic (exact) mass is 233 g/mol. The van der Waals surface area contributed by atoms with Crippen LogP contribution in [0.2, 0.25) is 0 Å². The van der Waals surface area contributed by atoms with Crippen LogP contribution in [-0.4, -0.2) is 19.7 Å². The molecule has 1 aromatic rings. The summed E-state index contributed by atoms with van der Waals surface area (Å²) in [5, 5.41) is 3.51. The van der Waals surface area contributed by atoms with Gasteiger partial charge in [-0.05, 0) is 62.8 Å². The largest absolute Gasteiger partial charge is 0.497 e. The molecule has 1 aromatic carbocycles. The first-order valence-electron chi connectivity index (χ1n) is 6.64. The van der Waals surface area contributed by atoms with Gasteiger partial charge in [-0.15, -0.1) is 0 Å². The van der Waals surface area contributed by atoms with Gasteiger partial charge >= 0.3 is 0 Å². The minimum absolute atomic E-state index is 0.699. The van der Waals surface area contributed by atoms with Crippen LogP contribution in [0, 0.1) is 5.92 Å². The van der Waals surface area contributed by atoms with Crippen molar-refractivity contribution >= 4 is 0 Å². The van der Waals surface area contributed by atoms with Crippen molar-refractivity contribution in [2.75, 3.05) is 13.7 Å². The second kappa shape index (κ2) is 6.06. The molecule has 2 atom stereocenters. The van der Waals surface area contributed by atoms with Crippen molar-refractivity contribution in [3.05, 3.63) is 29.8 Å². The van der Waals surface area contributed by atoms with Gasteiger partial charge in [0.1, 0.15) is 5.75 Å². The normalized spacial score (nSPS) is 24.6. The molecule has 0 spiro atoms. The lowest BCUT2D eigenvalue weighted by Gasteiger charge is -2.28. The van der Waals surface area contributed by atoms with Gasteiger partial charge in [0, 0.05) is 6.04 Å². The van der Waals surface area contributed by atoms with Crippen LogP contribution >= 0.6 is 0 Å². The van der Waals surface area contributed by atoms with Gasteiger partial charge in [-0.25, -0.2) is 0 Å². The van der Waals surface area contributed by atoms with Gasteiger partial charge in [-0.3, -0.25) is 0 Å². The summed E-state index contributed by atoms with van der Waals surface area (Å²) in [6, 6.07) is 9.18. The summed E-state index contributed by atoms with van der Waals surface area (Å²) in [5.41, 5.74) is 1.43. The maximum atomic E-state index is 5.17. The fraction of sp³-hybridized carbons (Fsp3) is 0.600. The second-order valence-electron chi connectivity index (χ2n) is 5.13. The van der Waals surface area contributed by atoms with Gasteiger partial charge in [0.15, 0.2) is 0 Å². The van der Waals surface area contributed by atoms with E-state index in [1.54, 1.807) is 7.11 Å². The standard InChI is InChI=1S/C15H23NO/c1-12-11-14(9-10-16-12)4-3-13-5-7-15(17-2)8-6-13/h5-8,12,14,16H,3-4,9-11H2,1-2H3. The van der Waals surface area contributed by atoms with Crippen LogP contribution in [0.1, 0.15) is 31.7 Å². The number of rotatable bonds is 4. The van der Waals surface area contributed by atoms with E-state index >= 15 is 0 Å². The predicted octanol–water partition coefficient (Wildman–Crippen LogP) is 3.02. The fourth-order valence-electron chi connectivity index (χ4n) is 2.66. The zero-order valence-corrected chi connectivity index (χ0v) is 10.9. The topological polar surface area (TPSA) is 21.3 Å². The Morgan fingerprint density at radius 3 is 2.71 bits per heavy atom. The molecule has 1 aliphatic rings. The van der Waals surface area contributed by atoms with E-state index in [0.717, 1.165) is 11.7 Å². The van der Waals surface area contributed by atoms with Gasteiger partial charge in [-0.2, -0.15) is 0 Å². The first kappa shape index (κ1) is 12.4. The van der Waals surface area contributed by atoms with Crippen molar-refractivity contribution in [3.63, 3.8) is 0 Å². The van der Waals surface area contributed by atoms with Crippen LogP contribution < -0.4 is 10.1 Å². The molecule has 2 heteroatoms. The van der Waals surface area contributed by atoms with Gasteiger partial charge < -0.3 is 10.1 Å². The molecule has 2 nitrogen and oxygen atoms in total. The number of ether oxygens (including phenoxy) is 1. The van der Waals surface area contributed by atoms with Crippen LogP contribution in [0.5, 0.6) is 5.75 Å². The summed E-state index contributed by atoms with van der Waals surface area (Å²) in [4.78, 5) is 0. The quantitative estimate of drug-likeness (QED) is 0.863. The molecule has 0 saturated carbocycles. The lowest BCUT2D eigenvalue weighted by molar-refractivity contribution is 0.301. The first-order valence-corrected chi connectivity index (χ1v) is 6.64. The Labute approximate surface area is 104 Å². The molecule has 1 heterocycles. The van der Waals surface area contributed by atoms with Gasteiger partial charge in [0.2, 0.25) is 0 Å². The molecule has 0 bridgehead atoms. The highest BCUT2D eigenvalue weighted by Crippen LogP contribution is 2.22. The molecule has 1 aliphatic heterocycles. The number of methoxy groups -OCH3 is 1. The lowest BCUT2D eigenvalue weighted by Crippen LogP contribution is -2.35. The number of piperidine rings is 1. The van der Waals surface area contributed by atoms with Crippen molar-refractivity contribution in [1.29, 1.82) is 0 Å². The van der Waals surface area contributed by atoms with Gasteiger partial charge in [0.05, 0.1) is 7.11 Å². The number of aryl methyl sites for hydroxylation is 1. The van der Waals surface area contributed by atoms with Crippen molar-refractivity contribution in [2.24, 2.45) is 5.92 Å². The summed E-state index contributed by atoms with van der Waals surface area (Å²) in [6.45, 7) is 3.48. The highest BCUT2D eigenvalue weighted by Gasteiger charge is 2.17. The maximum Gasteiger partial charge on any atom is 0.118 e. The average Bonchev–Trinajstić information content (AvgIpc) is 2.37. The Morgan fingerprint density at radius 2 is 2.06 bits per heavy atom. The molecule has 94 valence electrons. The first-order chi connectivity index (χ1) is 8.28. The Bertz CT molecular complexity index is 333. The number of nitrogens with one attached hydrogen (secondary N) is 1. The second-order valence-corrected chi connectivity index (χ2v) is 5.13. The summed E-state index contributed by atoms with van der Waals surface area (Å²) < 4.78 is 5.17. The molecule has 1 N–H and O–H groups in total. The summed E-state index contributed by atoms with van der Waals surface area (Å²) in [7, 11) is 1.71. The summed E-state index contributed by atoms with van der Waals surface area (Å²) in [5.74, 6) is 1.84. The Balaban J connectivity index is 1.80. The van der Waals surface area contributed by atoms with E-state index in [1.165, 1.54) is 37.8 Å². The molecule has 17 heavy (non-hydrogen) atoms. The lowest BCUT2D eigenvalue weighted by atomic mass is 9.88. The average molecular weight is 233 g/mol. The van der Waals surface area contributed by atoms with Crippen molar-refractivity contribution in [1.82, 2.24) is 5.32 Å². The third-order valence-electron chi connectivity index (χ3n) is 3.73. The van der Waals surface area contributed by atoms with E-state index in [-0.39, 0.29) is 0 Å². The molecule has 1 fully saturated rings. The van der Waals surface area contributed by atoms with E-state index in [9.17, 15) is 0 Å². The van der Waals surface area contributed by atoms with Crippen LogP contribution in [0.15, 0.2) is 24.3 Å². The van der Waals surface area contributed by atoms with Gasteiger partial charge in [-0.1, -0.05) is 12.1 Å². The van der Waals surface area contributed by atoms with E-state index in [4.69, 9.17) is 4.74 Å². The zero-order valence-electron chi connectivity index (χ0n) is 10.9. The molecule has 1 saturated heterocycles. The van der Waals surface area contributed by atoms with E-state index in [1.807, 2.05) is 0 Å². The maximum absolute atomic E-state index is 5.17. The molecule has 0 aliphatic carbocycles. The molecular formula is C15H23NO. The Hall–Kier alpha value is -1.02. The smallest absolute Gasteiger partial charge is 0.118 e. The molecular weight excluding hydrogens is 210 g/mol. The van der Waals surface area contributed by atoms with Crippen LogP contribution in [-0.2, 0) is 6.42 Å². The minimum atomic E-state index is 0.699. The van der Waals surface area contributed by atoms with Crippen LogP contribution in [0.4, 0.5) is 0 Å². The van der Waals surface area contributed by atoms with Crippen molar-refractivity contribution < 1.29 is 4.74 Å².